The predicted molar refractivity (Wildman–Crippen MR) is 119 cm³/mol. The normalized spacial score (nSPS) is 13.0. The minimum atomic E-state index is 1.22. The number of nitrogens with one attached hydrogen (secondary N) is 1. The van der Waals surface area contributed by atoms with Gasteiger partial charge < -0.3 is 9.38 Å². The van der Waals surface area contributed by atoms with Crippen molar-refractivity contribution in [2.24, 2.45) is 0 Å². The molecule has 0 aliphatic rings. The van der Waals surface area contributed by atoms with Gasteiger partial charge in [0.1, 0.15) is 0 Å². The maximum Gasteiger partial charge on any atom is 0.0626 e. The maximum atomic E-state index is 3.67. The van der Waals surface area contributed by atoms with Gasteiger partial charge in [0.25, 0.3) is 0 Å². The second-order valence-electron chi connectivity index (χ2n) is 7.89. The average molecular weight is 354 g/mol. The van der Waals surface area contributed by atoms with Crippen LogP contribution in [0.1, 0.15) is 0 Å². The topological polar surface area (TPSA) is 20.2 Å². The summed E-state index contributed by atoms with van der Waals surface area (Å²) < 4.78 is 2.49. The SMILES string of the molecule is c1ccc2c(c1)c1ccc3ccc4[nH]c5ccc6cccc7c6c5c4c3c1n27. The van der Waals surface area contributed by atoms with Gasteiger partial charge in [0.05, 0.1) is 16.6 Å². The zero-order valence-corrected chi connectivity index (χ0v) is 15.0. The van der Waals surface area contributed by atoms with E-state index in [2.05, 4.69) is 88.2 Å². The van der Waals surface area contributed by atoms with E-state index in [1.54, 1.807) is 0 Å². The first-order valence-corrected chi connectivity index (χ1v) is 9.72. The van der Waals surface area contributed by atoms with Crippen LogP contribution in [0.3, 0.4) is 0 Å². The number of hydrogen-bond donors (Lipinski definition) is 1. The molecule has 3 aromatic heterocycles. The van der Waals surface area contributed by atoms with E-state index in [1.165, 1.54) is 70.7 Å². The molecule has 0 unspecified atom stereocenters. The number of hydrogen-bond acceptors (Lipinski definition) is 0. The van der Waals surface area contributed by atoms with Crippen molar-refractivity contribution < 1.29 is 0 Å². The van der Waals surface area contributed by atoms with Crippen LogP contribution in [0.5, 0.6) is 0 Å². The molecule has 0 aliphatic heterocycles. The van der Waals surface area contributed by atoms with E-state index in [-0.39, 0.29) is 0 Å². The fraction of sp³-hybridized carbons (Fsp3) is 0. The first-order valence-electron chi connectivity index (χ1n) is 9.72. The van der Waals surface area contributed by atoms with Gasteiger partial charge in [-0.3, -0.25) is 0 Å². The molecule has 0 aliphatic carbocycles. The van der Waals surface area contributed by atoms with Gasteiger partial charge in [0, 0.05) is 43.4 Å². The van der Waals surface area contributed by atoms with Crippen LogP contribution in [0, 0.1) is 0 Å². The van der Waals surface area contributed by atoms with E-state index < -0.39 is 0 Å². The Morgan fingerprint density at radius 1 is 0.500 bits per heavy atom. The van der Waals surface area contributed by atoms with E-state index >= 15 is 0 Å². The summed E-state index contributed by atoms with van der Waals surface area (Å²) in [7, 11) is 0. The summed E-state index contributed by atoms with van der Waals surface area (Å²) in [4.78, 5) is 3.67. The van der Waals surface area contributed by atoms with Crippen LogP contribution in [0.15, 0.2) is 78.9 Å². The molecule has 2 heteroatoms. The minimum Gasteiger partial charge on any atom is -0.354 e. The number of fused-ring (bicyclic) bond motifs is 4. The first kappa shape index (κ1) is 13.4. The Balaban J connectivity index is 1.99. The zero-order valence-electron chi connectivity index (χ0n) is 15.0. The molecular formula is C26H14N2. The highest BCUT2D eigenvalue weighted by atomic mass is 14.9. The van der Waals surface area contributed by atoms with Gasteiger partial charge in [-0.25, -0.2) is 0 Å². The third-order valence-corrected chi connectivity index (χ3v) is 6.60. The number of nitrogens with zero attached hydrogens (tertiary/aromatic N) is 1. The lowest BCUT2D eigenvalue weighted by Crippen LogP contribution is -1.86. The van der Waals surface area contributed by atoms with Crippen molar-refractivity contribution in [2.75, 3.05) is 0 Å². The van der Waals surface area contributed by atoms with E-state index in [4.69, 9.17) is 0 Å². The Morgan fingerprint density at radius 3 is 2.11 bits per heavy atom. The molecule has 2 nitrogen and oxygen atoms in total. The lowest BCUT2D eigenvalue weighted by molar-refractivity contribution is 1.36. The molecule has 5 aromatic carbocycles. The van der Waals surface area contributed by atoms with E-state index in [0.29, 0.717) is 0 Å². The lowest BCUT2D eigenvalue weighted by atomic mass is 9.98. The van der Waals surface area contributed by atoms with E-state index in [9.17, 15) is 0 Å². The standard InChI is InChI=1S/C26H14N2/c1-2-6-20-16(5-1)17-11-8-15-10-13-19-25-23(15)26(17)28(20)21-7-3-4-14-9-12-18(27-19)24(25)22(14)21/h1-13,27H. The minimum absolute atomic E-state index is 1.22. The van der Waals surface area contributed by atoms with Gasteiger partial charge in [-0.05, 0) is 35.0 Å². The number of aromatic nitrogens is 2. The number of benzene rings is 5. The number of para-hydroxylation sites is 1. The zero-order chi connectivity index (χ0) is 18.0. The summed E-state index contributed by atoms with van der Waals surface area (Å²) in [6.45, 7) is 0. The summed E-state index contributed by atoms with van der Waals surface area (Å²) >= 11 is 0. The summed E-state index contributed by atoms with van der Waals surface area (Å²) in [6.07, 6.45) is 0. The smallest absolute Gasteiger partial charge is 0.0626 e. The first-order chi connectivity index (χ1) is 13.9. The van der Waals surface area contributed by atoms with Gasteiger partial charge in [-0.15, -0.1) is 0 Å². The van der Waals surface area contributed by atoms with Gasteiger partial charge in [0.2, 0.25) is 0 Å². The molecule has 128 valence electrons. The molecule has 0 bridgehead atoms. The van der Waals surface area contributed by atoms with E-state index in [1.807, 2.05) is 0 Å². The Kier molecular flexibility index (Phi) is 2.01. The van der Waals surface area contributed by atoms with Crippen LogP contribution >= 0.6 is 0 Å². The van der Waals surface area contributed by atoms with Crippen molar-refractivity contribution in [3.63, 3.8) is 0 Å². The summed E-state index contributed by atoms with van der Waals surface area (Å²) in [6, 6.07) is 29.0. The highest BCUT2D eigenvalue weighted by Gasteiger charge is 2.21. The molecule has 0 spiro atoms. The van der Waals surface area contributed by atoms with Crippen molar-refractivity contribution in [1.82, 2.24) is 9.38 Å². The lowest BCUT2D eigenvalue weighted by Gasteiger charge is -2.05. The van der Waals surface area contributed by atoms with Crippen LogP contribution in [-0.2, 0) is 0 Å². The van der Waals surface area contributed by atoms with Crippen LogP contribution in [0.2, 0.25) is 0 Å². The maximum absolute atomic E-state index is 3.67. The van der Waals surface area contributed by atoms with Gasteiger partial charge in [-0.1, -0.05) is 54.6 Å². The van der Waals surface area contributed by atoms with Crippen molar-refractivity contribution in [3.8, 4) is 0 Å². The molecule has 0 fully saturated rings. The molecular weight excluding hydrogens is 340 g/mol. The van der Waals surface area contributed by atoms with Crippen molar-refractivity contribution in [3.05, 3.63) is 78.9 Å². The third kappa shape index (κ3) is 1.29. The fourth-order valence-corrected chi connectivity index (χ4v) is 5.54. The second kappa shape index (κ2) is 4.20. The van der Waals surface area contributed by atoms with Crippen LogP contribution in [0.25, 0.3) is 70.7 Å². The molecule has 0 atom stereocenters. The number of rotatable bonds is 0. The van der Waals surface area contributed by atoms with Gasteiger partial charge in [-0.2, -0.15) is 0 Å². The van der Waals surface area contributed by atoms with Gasteiger partial charge >= 0.3 is 0 Å². The van der Waals surface area contributed by atoms with Crippen molar-refractivity contribution in [2.45, 2.75) is 0 Å². The molecule has 0 radical (unpaired) electrons. The largest absolute Gasteiger partial charge is 0.354 e. The second-order valence-corrected chi connectivity index (χ2v) is 7.89. The fourth-order valence-electron chi connectivity index (χ4n) is 5.54. The quantitative estimate of drug-likeness (QED) is 0.301. The summed E-state index contributed by atoms with van der Waals surface area (Å²) in [5.41, 5.74) is 6.32. The Bertz CT molecular complexity index is 1850. The molecule has 8 aromatic rings. The van der Waals surface area contributed by atoms with Gasteiger partial charge in [0.15, 0.2) is 0 Å². The monoisotopic (exact) mass is 354 g/mol. The summed E-state index contributed by atoms with van der Waals surface area (Å²) in [5, 5.41) is 10.7. The molecule has 8 rings (SSSR count). The highest BCUT2D eigenvalue weighted by molar-refractivity contribution is 6.37. The molecule has 0 amide bonds. The van der Waals surface area contributed by atoms with Crippen molar-refractivity contribution in [1.29, 1.82) is 0 Å². The van der Waals surface area contributed by atoms with Crippen LogP contribution in [-0.4, -0.2) is 9.38 Å². The molecule has 3 heterocycles. The predicted octanol–water partition coefficient (Wildman–Crippen LogP) is 7.06. The van der Waals surface area contributed by atoms with Crippen molar-refractivity contribution >= 4 is 70.7 Å². The Labute approximate surface area is 159 Å². The molecule has 0 saturated heterocycles. The van der Waals surface area contributed by atoms with Crippen LogP contribution in [0.4, 0.5) is 0 Å². The highest BCUT2D eigenvalue weighted by Crippen LogP contribution is 2.45. The Morgan fingerprint density at radius 2 is 1.21 bits per heavy atom. The number of aromatic amines is 1. The average Bonchev–Trinajstić information content (AvgIpc) is 3.24. The summed E-state index contributed by atoms with van der Waals surface area (Å²) in [5.74, 6) is 0. The van der Waals surface area contributed by atoms with Crippen LogP contribution < -0.4 is 0 Å². The Hall–Kier alpha value is -3.78. The molecule has 0 saturated carbocycles. The molecule has 28 heavy (non-hydrogen) atoms. The molecule has 1 N–H and O–H groups in total. The third-order valence-electron chi connectivity index (χ3n) is 6.60. The number of H-pyrrole nitrogens is 1. The van der Waals surface area contributed by atoms with E-state index in [0.717, 1.165) is 0 Å².